The molecule has 1 fully saturated rings. The summed E-state index contributed by atoms with van der Waals surface area (Å²) in [6.07, 6.45) is 0. The Morgan fingerprint density at radius 2 is 1.52 bits per heavy atom. The molecule has 0 N–H and O–H groups in total. The molecule has 1 saturated heterocycles. The van der Waals surface area contributed by atoms with E-state index in [4.69, 9.17) is 0 Å². The van der Waals surface area contributed by atoms with E-state index in [0.29, 0.717) is 17.0 Å². The Morgan fingerprint density at radius 3 is 2.24 bits per heavy atom. The summed E-state index contributed by atoms with van der Waals surface area (Å²) in [5, 5.41) is 1.91. The van der Waals surface area contributed by atoms with Gasteiger partial charge in [0.15, 0.2) is 0 Å². The monoisotopic (exact) mass is 439 g/mol. The van der Waals surface area contributed by atoms with Crippen LogP contribution in [0.25, 0.3) is 16.3 Å². The first-order chi connectivity index (χ1) is 16.0. The first-order valence-corrected chi connectivity index (χ1v) is 11.7. The summed E-state index contributed by atoms with van der Waals surface area (Å²) < 4.78 is 0. The lowest BCUT2D eigenvalue weighted by atomic mass is 9.99. The van der Waals surface area contributed by atoms with Crippen LogP contribution in [0, 0.1) is 13.8 Å². The molecule has 0 aliphatic carbocycles. The van der Waals surface area contributed by atoms with Crippen LogP contribution in [0.3, 0.4) is 0 Å². The Bertz CT molecular complexity index is 1280. The lowest BCUT2D eigenvalue weighted by molar-refractivity contribution is -0.120. The van der Waals surface area contributed by atoms with Crippen LogP contribution in [0.5, 0.6) is 0 Å². The van der Waals surface area contributed by atoms with Gasteiger partial charge >= 0.3 is 0 Å². The number of benzene rings is 3. The number of nitrogens with zero attached hydrogens (tertiary/aromatic N) is 3. The summed E-state index contributed by atoms with van der Waals surface area (Å²) in [6, 6.07) is 19.7. The van der Waals surface area contributed by atoms with Crippen LogP contribution in [0.15, 0.2) is 66.4 Å². The first-order valence-electron chi connectivity index (χ1n) is 11.7. The van der Waals surface area contributed by atoms with Crippen molar-refractivity contribution in [2.75, 3.05) is 37.6 Å². The summed E-state index contributed by atoms with van der Waals surface area (Å²) in [6.45, 7) is 10.5. The smallest absolute Gasteiger partial charge is 0.282 e. The summed E-state index contributed by atoms with van der Waals surface area (Å²) in [4.78, 5) is 33.7. The predicted octanol–water partition coefficient (Wildman–Crippen LogP) is 4.38. The quantitative estimate of drug-likeness (QED) is 0.566. The number of hydrogen-bond acceptors (Lipinski definition) is 4. The number of carbonyl (C=O) groups excluding carboxylic acids is 2. The van der Waals surface area contributed by atoms with E-state index in [1.807, 2.05) is 67.6 Å². The molecule has 5 rings (SSSR count). The van der Waals surface area contributed by atoms with Crippen molar-refractivity contribution in [1.29, 1.82) is 0 Å². The number of aryl methyl sites for hydroxylation is 2. The Labute approximate surface area is 194 Å². The number of hydrogen-bond donors (Lipinski definition) is 0. The number of anilines is 1. The summed E-state index contributed by atoms with van der Waals surface area (Å²) in [5.41, 5.74) is 4.78. The zero-order chi connectivity index (χ0) is 23.1. The zero-order valence-corrected chi connectivity index (χ0v) is 19.5. The fourth-order valence-electron chi connectivity index (χ4n) is 4.88. The van der Waals surface area contributed by atoms with E-state index >= 15 is 0 Å². The average Bonchev–Trinajstić information content (AvgIpc) is 3.10. The van der Waals surface area contributed by atoms with Crippen molar-refractivity contribution >= 4 is 33.8 Å². The fourth-order valence-corrected chi connectivity index (χ4v) is 4.88. The van der Waals surface area contributed by atoms with Crippen LogP contribution < -0.4 is 4.90 Å². The van der Waals surface area contributed by atoms with Crippen LogP contribution in [0.4, 0.5) is 5.69 Å². The van der Waals surface area contributed by atoms with Gasteiger partial charge in [-0.2, -0.15) is 0 Å². The molecule has 3 aromatic rings. The van der Waals surface area contributed by atoms with Crippen molar-refractivity contribution in [1.82, 2.24) is 9.80 Å². The lowest BCUT2D eigenvalue weighted by Gasteiger charge is -2.36. The molecule has 0 aromatic heterocycles. The highest BCUT2D eigenvalue weighted by molar-refractivity contribution is 6.46. The number of likely N-dealkylation sites (N-methyl/N-ethyl adjacent to an activating group) is 1. The van der Waals surface area contributed by atoms with Gasteiger partial charge in [-0.15, -0.1) is 0 Å². The predicted molar refractivity (Wildman–Crippen MR) is 133 cm³/mol. The number of imide groups is 1. The second-order valence-electron chi connectivity index (χ2n) is 8.89. The molecule has 168 valence electrons. The largest absolute Gasteiger partial charge is 0.364 e. The maximum absolute atomic E-state index is 13.9. The van der Waals surface area contributed by atoms with Crippen molar-refractivity contribution in [3.8, 4) is 0 Å². The number of fused-ring (bicyclic) bond motifs is 1. The molecule has 3 aromatic carbocycles. The molecule has 5 heteroatoms. The van der Waals surface area contributed by atoms with Crippen molar-refractivity contribution in [2.24, 2.45) is 0 Å². The fraction of sp³-hybridized carbons (Fsp3) is 0.286. The molecule has 2 heterocycles. The topological polar surface area (TPSA) is 43.9 Å². The standard InChI is InChI=1S/C28H29N3O2/c1-4-29-14-16-30(17-15-29)26-25(22-13-12-19(2)20(3)18-22)27(32)31(28(26)33)24-11-7-9-21-8-5-6-10-23(21)24/h5-13,18H,4,14-17H2,1-3H3. The van der Waals surface area contributed by atoms with E-state index in [1.165, 1.54) is 10.5 Å². The minimum absolute atomic E-state index is 0.227. The molecule has 0 saturated carbocycles. The van der Waals surface area contributed by atoms with Gasteiger partial charge in [-0.1, -0.05) is 61.5 Å². The molecule has 2 aliphatic heterocycles. The van der Waals surface area contributed by atoms with Crippen LogP contribution in [-0.2, 0) is 9.59 Å². The molecule has 0 radical (unpaired) electrons. The Kier molecular flexibility index (Phi) is 5.51. The maximum Gasteiger partial charge on any atom is 0.282 e. The Morgan fingerprint density at radius 1 is 0.788 bits per heavy atom. The van der Waals surface area contributed by atoms with Gasteiger partial charge in [0.1, 0.15) is 5.70 Å². The van der Waals surface area contributed by atoms with Gasteiger partial charge in [-0.25, -0.2) is 4.90 Å². The van der Waals surface area contributed by atoms with Crippen molar-refractivity contribution < 1.29 is 9.59 Å². The Hall–Kier alpha value is -3.44. The van der Waals surface area contributed by atoms with Crippen molar-refractivity contribution in [3.63, 3.8) is 0 Å². The van der Waals surface area contributed by atoms with E-state index in [-0.39, 0.29) is 11.8 Å². The number of carbonyl (C=O) groups is 2. The van der Waals surface area contributed by atoms with Gasteiger partial charge in [0.25, 0.3) is 11.8 Å². The molecule has 0 atom stereocenters. The van der Waals surface area contributed by atoms with Gasteiger partial charge in [0.05, 0.1) is 11.3 Å². The Balaban J connectivity index is 1.64. The first kappa shape index (κ1) is 21.4. The van der Waals surface area contributed by atoms with Crippen LogP contribution in [0.1, 0.15) is 23.6 Å². The average molecular weight is 440 g/mol. The SMILES string of the molecule is CCN1CCN(C2=C(c3ccc(C)c(C)c3)C(=O)N(c3cccc4ccccc34)C2=O)CC1. The second kappa shape index (κ2) is 8.49. The maximum atomic E-state index is 13.9. The highest BCUT2D eigenvalue weighted by Crippen LogP contribution is 2.38. The van der Waals surface area contributed by atoms with Crippen LogP contribution in [-0.4, -0.2) is 54.3 Å². The van der Waals surface area contributed by atoms with E-state index in [0.717, 1.165) is 54.6 Å². The molecule has 2 aliphatic rings. The summed E-state index contributed by atoms with van der Waals surface area (Å²) in [5.74, 6) is -0.470. The van der Waals surface area contributed by atoms with Crippen LogP contribution >= 0.6 is 0 Å². The normalized spacial score (nSPS) is 17.5. The van der Waals surface area contributed by atoms with Gasteiger partial charge in [-0.05, 0) is 48.5 Å². The molecule has 0 spiro atoms. The van der Waals surface area contributed by atoms with Gasteiger partial charge in [-0.3, -0.25) is 9.59 Å². The van der Waals surface area contributed by atoms with Gasteiger partial charge < -0.3 is 9.80 Å². The third kappa shape index (κ3) is 3.62. The number of amides is 2. The highest BCUT2D eigenvalue weighted by Gasteiger charge is 2.43. The summed E-state index contributed by atoms with van der Waals surface area (Å²) >= 11 is 0. The zero-order valence-electron chi connectivity index (χ0n) is 19.5. The van der Waals surface area contributed by atoms with E-state index < -0.39 is 0 Å². The van der Waals surface area contributed by atoms with Crippen molar-refractivity contribution in [3.05, 3.63) is 83.1 Å². The minimum Gasteiger partial charge on any atom is -0.364 e. The molecule has 0 unspecified atom stereocenters. The molecular formula is C28H29N3O2. The third-order valence-electron chi connectivity index (χ3n) is 7.00. The van der Waals surface area contributed by atoms with Crippen molar-refractivity contribution in [2.45, 2.75) is 20.8 Å². The second-order valence-corrected chi connectivity index (χ2v) is 8.89. The summed E-state index contributed by atoms with van der Waals surface area (Å²) in [7, 11) is 0. The van der Waals surface area contributed by atoms with E-state index in [9.17, 15) is 9.59 Å². The number of rotatable bonds is 4. The molecular weight excluding hydrogens is 410 g/mol. The minimum atomic E-state index is -0.243. The molecule has 2 amide bonds. The molecule has 5 nitrogen and oxygen atoms in total. The lowest BCUT2D eigenvalue weighted by Crippen LogP contribution is -2.47. The van der Waals surface area contributed by atoms with E-state index in [2.05, 4.69) is 23.6 Å². The van der Waals surface area contributed by atoms with Gasteiger partial charge in [0.2, 0.25) is 0 Å². The number of piperazine rings is 1. The molecule has 0 bridgehead atoms. The third-order valence-corrected chi connectivity index (χ3v) is 7.00. The highest BCUT2D eigenvalue weighted by atomic mass is 16.2. The van der Waals surface area contributed by atoms with Gasteiger partial charge in [0, 0.05) is 31.6 Å². The van der Waals surface area contributed by atoms with Crippen LogP contribution in [0.2, 0.25) is 0 Å². The molecule has 33 heavy (non-hydrogen) atoms. The van der Waals surface area contributed by atoms with E-state index in [1.54, 1.807) is 0 Å².